The fourth-order valence-corrected chi connectivity index (χ4v) is 1.85. The lowest BCUT2D eigenvalue weighted by molar-refractivity contribution is 0.101. The Morgan fingerprint density at radius 3 is 2.74 bits per heavy atom. The van der Waals surface area contributed by atoms with Crippen LogP contribution in [0, 0.1) is 0 Å². The topological polar surface area (TPSA) is 68.3 Å². The first-order chi connectivity index (χ1) is 11.1. The molecular weight excluding hydrogens is 292 g/mol. The third-order valence-electron chi connectivity index (χ3n) is 3.05. The minimum absolute atomic E-state index is 0.0321. The third kappa shape index (κ3) is 5.74. The summed E-state index contributed by atoms with van der Waals surface area (Å²) in [6.45, 7) is 2.06. The van der Waals surface area contributed by atoms with Crippen LogP contribution in [0.5, 0.6) is 0 Å². The molecule has 23 heavy (non-hydrogen) atoms. The third-order valence-corrected chi connectivity index (χ3v) is 3.05. The molecule has 5 nitrogen and oxygen atoms in total. The predicted octanol–water partition coefficient (Wildman–Crippen LogP) is 3.22. The second-order valence-electron chi connectivity index (χ2n) is 4.91. The van der Waals surface area contributed by atoms with Crippen molar-refractivity contribution in [1.82, 2.24) is 10.3 Å². The monoisotopic (exact) mass is 310 g/mol. The maximum Gasteiger partial charge on any atom is 0.407 e. The number of ether oxygens (including phenoxy) is 1. The molecule has 2 aromatic rings. The van der Waals surface area contributed by atoms with Gasteiger partial charge in [0, 0.05) is 24.5 Å². The van der Waals surface area contributed by atoms with Gasteiger partial charge in [-0.2, -0.15) is 0 Å². The summed E-state index contributed by atoms with van der Waals surface area (Å²) >= 11 is 0. The van der Waals surface area contributed by atoms with E-state index in [0.717, 1.165) is 11.1 Å². The average molecular weight is 310 g/mol. The van der Waals surface area contributed by atoms with Crippen molar-refractivity contribution in [3.8, 4) is 0 Å². The molecule has 0 unspecified atom stereocenters. The summed E-state index contributed by atoms with van der Waals surface area (Å²) in [6, 6.07) is 11.2. The Hall–Kier alpha value is -2.95. The van der Waals surface area contributed by atoms with E-state index in [2.05, 4.69) is 10.3 Å². The molecule has 0 aliphatic carbocycles. The van der Waals surface area contributed by atoms with E-state index in [9.17, 15) is 9.59 Å². The summed E-state index contributed by atoms with van der Waals surface area (Å²) in [6.07, 6.45) is 6.26. The number of Topliss-reactive ketones (excluding diaryl/α,β-unsaturated/α-hetero) is 1. The molecule has 1 heterocycles. The number of ketones is 1. The highest BCUT2D eigenvalue weighted by molar-refractivity contribution is 5.94. The van der Waals surface area contributed by atoms with E-state index in [1.165, 1.54) is 13.1 Å². The molecule has 118 valence electrons. The van der Waals surface area contributed by atoms with Gasteiger partial charge >= 0.3 is 6.09 Å². The molecule has 0 aliphatic rings. The van der Waals surface area contributed by atoms with Crippen molar-refractivity contribution < 1.29 is 14.3 Å². The summed E-state index contributed by atoms with van der Waals surface area (Å²) in [5.74, 6) is -0.0321. The molecule has 0 atom stereocenters. The van der Waals surface area contributed by atoms with Gasteiger partial charge in [-0.3, -0.25) is 9.78 Å². The van der Waals surface area contributed by atoms with Gasteiger partial charge in [-0.15, -0.1) is 0 Å². The van der Waals surface area contributed by atoms with Crippen LogP contribution in [-0.4, -0.2) is 23.4 Å². The van der Waals surface area contributed by atoms with Gasteiger partial charge in [-0.1, -0.05) is 42.5 Å². The minimum Gasteiger partial charge on any atom is -0.445 e. The zero-order valence-electron chi connectivity index (χ0n) is 12.9. The highest BCUT2D eigenvalue weighted by atomic mass is 16.5. The summed E-state index contributed by atoms with van der Waals surface area (Å²) in [5.41, 5.74) is 2.30. The lowest BCUT2D eigenvalue weighted by atomic mass is 10.1. The molecule has 0 radical (unpaired) electrons. The number of pyridine rings is 1. The Morgan fingerprint density at radius 1 is 1.22 bits per heavy atom. The molecule has 1 N–H and O–H groups in total. The van der Waals surface area contributed by atoms with E-state index >= 15 is 0 Å². The van der Waals surface area contributed by atoms with Crippen LogP contribution in [0.1, 0.15) is 28.4 Å². The standard InChI is InChI=1S/C18H18N2O3/c1-14(21)17-10-16(11-19-12-17)8-5-9-20-18(22)23-13-15-6-3-2-4-7-15/h2-8,10-12H,9,13H2,1H3,(H,20,22). The van der Waals surface area contributed by atoms with Crippen LogP contribution >= 0.6 is 0 Å². The number of alkyl carbamates (subject to hydrolysis) is 1. The van der Waals surface area contributed by atoms with Crippen molar-refractivity contribution in [2.45, 2.75) is 13.5 Å². The number of nitrogens with zero attached hydrogens (tertiary/aromatic N) is 1. The first-order valence-electron chi connectivity index (χ1n) is 7.22. The largest absolute Gasteiger partial charge is 0.445 e. The highest BCUT2D eigenvalue weighted by Crippen LogP contribution is 2.05. The Kier molecular flexibility index (Phi) is 6.06. The SMILES string of the molecule is CC(=O)c1cncc(C=CCNC(=O)OCc2ccccc2)c1. The van der Waals surface area contributed by atoms with Crippen LogP contribution in [0.3, 0.4) is 0 Å². The molecule has 0 bridgehead atoms. The van der Waals surface area contributed by atoms with Gasteiger partial charge in [0.1, 0.15) is 6.61 Å². The normalized spacial score (nSPS) is 10.5. The molecule has 0 spiro atoms. The molecule has 5 heteroatoms. The lowest BCUT2D eigenvalue weighted by Crippen LogP contribution is -2.24. The van der Waals surface area contributed by atoms with Crippen LogP contribution in [0.15, 0.2) is 54.9 Å². The maximum atomic E-state index is 11.5. The van der Waals surface area contributed by atoms with Crippen LogP contribution in [-0.2, 0) is 11.3 Å². The van der Waals surface area contributed by atoms with Crippen molar-refractivity contribution in [3.05, 3.63) is 71.6 Å². The number of carbonyl (C=O) groups is 2. The molecule has 1 amide bonds. The Morgan fingerprint density at radius 2 is 2.00 bits per heavy atom. The molecule has 1 aromatic heterocycles. The molecule has 0 aliphatic heterocycles. The van der Waals surface area contributed by atoms with Crippen molar-refractivity contribution in [2.75, 3.05) is 6.54 Å². The summed E-state index contributed by atoms with van der Waals surface area (Å²) in [7, 11) is 0. The van der Waals surface area contributed by atoms with Crippen molar-refractivity contribution >= 4 is 18.0 Å². The number of hydrogen-bond donors (Lipinski definition) is 1. The van der Waals surface area contributed by atoms with Crippen LogP contribution in [0.4, 0.5) is 4.79 Å². The quantitative estimate of drug-likeness (QED) is 0.832. The fourth-order valence-electron chi connectivity index (χ4n) is 1.85. The number of hydrogen-bond acceptors (Lipinski definition) is 4. The van der Waals surface area contributed by atoms with E-state index in [4.69, 9.17) is 4.74 Å². The zero-order chi connectivity index (χ0) is 16.5. The molecule has 0 fully saturated rings. The summed E-state index contributed by atoms with van der Waals surface area (Å²) in [4.78, 5) is 26.8. The van der Waals surface area contributed by atoms with Crippen LogP contribution in [0.2, 0.25) is 0 Å². The Labute approximate surface area is 135 Å². The van der Waals surface area contributed by atoms with Gasteiger partial charge in [0.05, 0.1) is 0 Å². The van der Waals surface area contributed by atoms with Gasteiger partial charge in [0.25, 0.3) is 0 Å². The van der Waals surface area contributed by atoms with E-state index in [1.54, 1.807) is 24.4 Å². The van der Waals surface area contributed by atoms with E-state index in [1.807, 2.05) is 30.3 Å². The molecule has 0 saturated carbocycles. The van der Waals surface area contributed by atoms with Crippen molar-refractivity contribution in [2.24, 2.45) is 0 Å². The van der Waals surface area contributed by atoms with E-state index < -0.39 is 6.09 Å². The van der Waals surface area contributed by atoms with Gasteiger partial charge < -0.3 is 10.1 Å². The highest BCUT2D eigenvalue weighted by Gasteiger charge is 2.01. The molecule has 2 rings (SSSR count). The van der Waals surface area contributed by atoms with Crippen LogP contribution < -0.4 is 5.32 Å². The minimum atomic E-state index is -0.478. The smallest absolute Gasteiger partial charge is 0.407 e. The first-order valence-corrected chi connectivity index (χ1v) is 7.22. The Bertz CT molecular complexity index is 696. The van der Waals surface area contributed by atoms with E-state index in [0.29, 0.717) is 12.1 Å². The second-order valence-corrected chi connectivity index (χ2v) is 4.91. The number of carbonyl (C=O) groups excluding carboxylic acids is 2. The Balaban J connectivity index is 1.74. The fraction of sp³-hybridized carbons (Fsp3) is 0.167. The van der Waals surface area contributed by atoms with E-state index in [-0.39, 0.29) is 12.4 Å². The number of nitrogens with one attached hydrogen (secondary N) is 1. The van der Waals surface area contributed by atoms with Crippen molar-refractivity contribution in [3.63, 3.8) is 0 Å². The molecular formula is C18H18N2O3. The zero-order valence-corrected chi connectivity index (χ0v) is 12.9. The average Bonchev–Trinajstić information content (AvgIpc) is 2.58. The molecule has 0 saturated heterocycles. The number of benzene rings is 1. The van der Waals surface area contributed by atoms with Gasteiger partial charge in [0.2, 0.25) is 0 Å². The number of aromatic nitrogens is 1. The van der Waals surface area contributed by atoms with Crippen molar-refractivity contribution in [1.29, 1.82) is 0 Å². The van der Waals surface area contributed by atoms with Gasteiger partial charge in [-0.25, -0.2) is 4.79 Å². The summed E-state index contributed by atoms with van der Waals surface area (Å²) < 4.78 is 5.09. The number of rotatable bonds is 6. The predicted molar refractivity (Wildman–Crippen MR) is 87.9 cm³/mol. The van der Waals surface area contributed by atoms with Gasteiger partial charge in [0.15, 0.2) is 5.78 Å². The molecule has 1 aromatic carbocycles. The maximum absolute atomic E-state index is 11.5. The number of amides is 1. The van der Waals surface area contributed by atoms with Crippen LogP contribution in [0.25, 0.3) is 6.08 Å². The second kappa shape index (κ2) is 8.48. The lowest BCUT2D eigenvalue weighted by Gasteiger charge is -2.05. The summed E-state index contributed by atoms with van der Waals surface area (Å²) in [5, 5.41) is 2.63. The van der Waals surface area contributed by atoms with Gasteiger partial charge in [-0.05, 0) is 24.1 Å². The first kappa shape index (κ1) is 16.4.